The van der Waals surface area contributed by atoms with Crippen molar-refractivity contribution < 1.29 is 24.5 Å². The van der Waals surface area contributed by atoms with Gasteiger partial charge in [0.15, 0.2) is 5.69 Å². The highest BCUT2D eigenvalue weighted by molar-refractivity contribution is 5.89. The molecule has 0 unspecified atom stereocenters. The molecule has 0 amide bonds. The summed E-state index contributed by atoms with van der Waals surface area (Å²) in [5.74, 6) is 0.407. The summed E-state index contributed by atoms with van der Waals surface area (Å²) >= 11 is 0. The Hall–Kier alpha value is -3.48. The molecule has 0 aliphatic heterocycles. The molecule has 2 aromatic carbocycles. The predicted octanol–water partition coefficient (Wildman–Crippen LogP) is 4.26. The van der Waals surface area contributed by atoms with E-state index in [2.05, 4.69) is 4.98 Å². The van der Waals surface area contributed by atoms with E-state index in [1.165, 1.54) is 12.3 Å². The van der Waals surface area contributed by atoms with Crippen molar-refractivity contribution in [3.05, 3.63) is 53.9 Å². The molecule has 1 heterocycles. The second-order valence-electron chi connectivity index (χ2n) is 6.80. The fourth-order valence-electron chi connectivity index (χ4n) is 3.12. The Kier molecular flexibility index (Phi) is 5.77. The van der Waals surface area contributed by atoms with Crippen molar-refractivity contribution in [2.75, 3.05) is 13.7 Å². The number of hydrogen-bond acceptors (Lipinski definition) is 6. The number of phenols is 2. The summed E-state index contributed by atoms with van der Waals surface area (Å²) in [6.07, 6.45) is 1.42. The summed E-state index contributed by atoms with van der Waals surface area (Å²) < 4.78 is 12.0. The molecule has 0 spiro atoms. The Morgan fingerprint density at radius 1 is 1.14 bits per heavy atom. The molecule has 152 valence electrons. The van der Waals surface area contributed by atoms with E-state index in [1.54, 1.807) is 48.9 Å². The summed E-state index contributed by atoms with van der Waals surface area (Å²) in [5.41, 5.74) is 1.95. The zero-order valence-corrected chi connectivity index (χ0v) is 16.8. The molecule has 0 radical (unpaired) electrons. The van der Waals surface area contributed by atoms with Crippen LogP contribution >= 0.6 is 0 Å². The van der Waals surface area contributed by atoms with Crippen LogP contribution in [0.15, 0.2) is 42.6 Å². The number of aromatic nitrogens is 2. The van der Waals surface area contributed by atoms with Crippen LogP contribution in [0.4, 0.5) is 0 Å². The van der Waals surface area contributed by atoms with E-state index < -0.39 is 5.97 Å². The first-order valence-electron chi connectivity index (χ1n) is 9.32. The third-order valence-corrected chi connectivity index (χ3v) is 4.58. The number of methoxy groups -OCH3 is 1. The second-order valence-corrected chi connectivity index (χ2v) is 6.80. The fourth-order valence-corrected chi connectivity index (χ4v) is 3.12. The summed E-state index contributed by atoms with van der Waals surface area (Å²) in [6, 6.07) is 10.1. The van der Waals surface area contributed by atoms with Crippen LogP contribution in [0.2, 0.25) is 0 Å². The first kappa shape index (κ1) is 20.3. The number of nitrogens with zero attached hydrogens (tertiary/aromatic N) is 2. The number of benzene rings is 2. The summed E-state index contributed by atoms with van der Waals surface area (Å²) in [4.78, 5) is 16.9. The highest BCUT2D eigenvalue weighted by Gasteiger charge is 2.23. The van der Waals surface area contributed by atoms with Crippen molar-refractivity contribution in [3.63, 3.8) is 0 Å². The molecule has 3 rings (SSSR count). The maximum Gasteiger partial charge on any atom is 0.356 e. The van der Waals surface area contributed by atoms with E-state index in [4.69, 9.17) is 9.47 Å². The van der Waals surface area contributed by atoms with E-state index in [9.17, 15) is 15.0 Å². The SMILES string of the molecule is CCOC(=O)c1cnc(-c2cc(C(C)C)c(O)cc2O)n1-c1ccc(OC)cc1. The third kappa shape index (κ3) is 3.89. The van der Waals surface area contributed by atoms with Gasteiger partial charge in [0, 0.05) is 11.8 Å². The average molecular weight is 396 g/mol. The molecule has 7 nitrogen and oxygen atoms in total. The van der Waals surface area contributed by atoms with Crippen molar-refractivity contribution >= 4 is 5.97 Å². The number of esters is 1. The van der Waals surface area contributed by atoms with Crippen LogP contribution in [0.5, 0.6) is 17.2 Å². The first-order chi connectivity index (χ1) is 13.9. The van der Waals surface area contributed by atoms with Crippen LogP contribution in [0, 0.1) is 0 Å². The van der Waals surface area contributed by atoms with Gasteiger partial charge in [-0.1, -0.05) is 13.8 Å². The van der Waals surface area contributed by atoms with Gasteiger partial charge in [-0.25, -0.2) is 9.78 Å². The Bertz CT molecular complexity index is 1020. The third-order valence-electron chi connectivity index (χ3n) is 4.58. The quantitative estimate of drug-likeness (QED) is 0.605. The van der Waals surface area contributed by atoms with E-state index in [-0.39, 0.29) is 29.7 Å². The van der Waals surface area contributed by atoms with Gasteiger partial charge in [0.1, 0.15) is 23.1 Å². The van der Waals surface area contributed by atoms with Gasteiger partial charge in [-0.2, -0.15) is 0 Å². The lowest BCUT2D eigenvalue weighted by atomic mass is 9.98. The van der Waals surface area contributed by atoms with Crippen LogP contribution in [-0.2, 0) is 4.74 Å². The fraction of sp³-hybridized carbons (Fsp3) is 0.273. The molecule has 1 aromatic heterocycles. The van der Waals surface area contributed by atoms with Gasteiger partial charge >= 0.3 is 5.97 Å². The number of rotatable bonds is 6. The Labute approximate surface area is 169 Å². The number of aromatic hydroxyl groups is 2. The minimum absolute atomic E-state index is 0.00872. The zero-order chi connectivity index (χ0) is 21.1. The van der Waals surface area contributed by atoms with Gasteiger partial charge in [-0.15, -0.1) is 0 Å². The van der Waals surface area contributed by atoms with Gasteiger partial charge in [-0.05, 0) is 48.7 Å². The smallest absolute Gasteiger partial charge is 0.356 e. The monoisotopic (exact) mass is 396 g/mol. The number of carbonyl (C=O) groups excluding carboxylic acids is 1. The number of imidazole rings is 1. The number of phenolic OH excluding ortho intramolecular Hbond substituents is 2. The molecular formula is C22H24N2O5. The topological polar surface area (TPSA) is 93.8 Å². The van der Waals surface area contributed by atoms with Crippen LogP contribution in [-0.4, -0.2) is 39.5 Å². The molecule has 0 saturated heterocycles. The molecule has 29 heavy (non-hydrogen) atoms. The van der Waals surface area contributed by atoms with Crippen molar-refractivity contribution in [2.45, 2.75) is 26.7 Å². The van der Waals surface area contributed by atoms with Gasteiger partial charge in [0.2, 0.25) is 0 Å². The largest absolute Gasteiger partial charge is 0.508 e. The van der Waals surface area contributed by atoms with Crippen LogP contribution < -0.4 is 4.74 Å². The maximum absolute atomic E-state index is 12.5. The lowest BCUT2D eigenvalue weighted by molar-refractivity contribution is 0.0517. The maximum atomic E-state index is 12.5. The molecule has 0 aliphatic rings. The lowest BCUT2D eigenvalue weighted by Gasteiger charge is -2.15. The molecule has 7 heteroatoms. The molecule has 0 saturated carbocycles. The summed E-state index contributed by atoms with van der Waals surface area (Å²) in [6.45, 7) is 5.84. The van der Waals surface area contributed by atoms with Crippen molar-refractivity contribution in [1.82, 2.24) is 9.55 Å². The van der Waals surface area contributed by atoms with E-state index in [1.807, 2.05) is 13.8 Å². The standard InChI is InChI=1S/C22H24N2O5/c1-5-29-22(27)18-12-23-21(24(18)14-6-8-15(28-4)9-7-14)17-10-16(13(2)3)19(25)11-20(17)26/h6-13,25-26H,5H2,1-4H3. The Morgan fingerprint density at radius 2 is 1.83 bits per heavy atom. The molecule has 0 aliphatic carbocycles. The molecule has 2 N–H and O–H groups in total. The summed E-state index contributed by atoms with van der Waals surface area (Å²) in [7, 11) is 1.57. The number of hydrogen-bond donors (Lipinski definition) is 2. The van der Waals surface area contributed by atoms with E-state index in [0.717, 1.165) is 0 Å². The Balaban J connectivity index is 2.24. The number of ether oxygens (including phenoxy) is 2. The zero-order valence-electron chi connectivity index (χ0n) is 16.8. The van der Waals surface area contributed by atoms with Crippen molar-refractivity contribution in [3.8, 4) is 34.3 Å². The van der Waals surface area contributed by atoms with Gasteiger partial charge < -0.3 is 19.7 Å². The molecule has 3 aromatic rings. The minimum atomic E-state index is -0.524. The van der Waals surface area contributed by atoms with Gasteiger partial charge in [0.05, 0.1) is 25.5 Å². The number of carbonyl (C=O) groups is 1. The van der Waals surface area contributed by atoms with Crippen LogP contribution in [0.25, 0.3) is 17.1 Å². The average Bonchev–Trinajstić information content (AvgIpc) is 3.13. The molecule has 0 atom stereocenters. The summed E-state index contributed by atoms with van der Waals surface area (Å²) in [5, 5.41) is 20.7. The van der Waals surface area contributed by atoms with E-state index >= 15 is 0 Å². The predicted molar refractivity (Wildman–Crippen MR) is 109 cm³/mol. The minimum Gasteiger partial charge on any atom is -0.508 e. The highest BCUT2D eigenvalue weighted by Crippen LogP contribution is 2.38. The molecule has 0 bridgehead atoms. The van der Waals surface area contributed by atoms with E-state index in [0.29, 0.717) is 28.4 Å². The van der Waals surface area contributed by atoms with Gasteiger partial charge in [0.25, 0.3) is 0 Å². The second kappa shape index (κ2) is 8.26. The highest BCUT2D eigenvalue weighted by atomic mass is 16.5. The normalized spacial score (nSPS) is 10.9. The van der Waals surface area contributed by atoms with Crippen molar-refractivity contribution in [2.24, 2.45) is 0 Å². The molecular weight excluding hydrogens is 372 g/mol. The molecule has 0 fully saturated rings. The lowest BCUT2D eigenvalue weighted by Crippen LogP contribution is -2.12. The Morgan fingerprint density at radius 3 is 2.41 bits per heavy atom. The van der Waals surface area contributed by atoms with Crippen LogP contribution in [0.1, 0.15) is 42.7 Å². The first-order valence-corrected chi connectivity index (χ1v) is 9.32. The van der Waals surface area contributed by atoms with Crippen LogP contribution in [0.3, 0.4) is 0 Å². The van der Waals surface area contributed by atoms with Gasteiger partial charge in [-0.3, -0.25) is 4.57 Å². The van der Waals surface area contributed by atoms with Crippen molar-refractivity contribution in [1.29, 1.82) is 0 Å².